The zero-order valence-electron chi connectivity index (χ0n) is 10.4. The number of hydrogen-bond donors (Lipinski definition) is 1. The fourth-order valence-electron chi connectivity index (χ4n) is 1.66. The molecule has 0 spiro atoms. The van der Waals surface area contributed by atoms with E-state index in [2.05, 4.69) is 30.8 Å². The third-order valence-electron chi connectivity index (χ3n) is 2.74. The maximum atomic E-state index is 4.15. The predicted octanol–water partition coefficient (Wildman–Crippen LogP) is 3.04. The smallest absolute Gasteiger partial charge is 0.0538 e. The van der Waals surface area contributed by atoms with Gasteiger partial charge < -0.3 is 5.32 Å². The van der Waals surface area contributed by atoms with Gasteiger partial charge in [0.05, 0.1) is 6.20 Å². The van der Waals surface area contributed by atoms with Gasteiger partial charge in [-0.1, -0.05) is 32.8 Å². The molecule has 0 amide bonds. The van der Waals surface area contributed by atoms with Crippen LogP contribution in [-0.2, 0) is 6.54 Å². The molecule has 90 valence electrons. The van der Waals surface area contributed by atoms with Gasteiger partial charge in [0.25, 0.3) is 0 Å². The number of hydrogen-bond acceptors (Lipinski definition) is 2. The molecule has 1 N–H and O–H groups in total. The highest BCUT2D eigenvalue weighted by Gasteiger charge is 2.02. The first-order valence-corrected chi connectivity index (χ1v) is 6.15. The largest absolute Gasteiger partial charge is 0.310 e. The van der Waals surface area contributed by atoms with Gasteiger partial charge in [0, 0.05) is 30.5 Å². The Morgan fingerprint density at radius 1 is 1.56 bits per heavy atom. The maximum absolute atomic E-state index is 4.15. The summed E-state index contributed by atoms with van der Waals surface area (Å²) in [6, 6.07) is 0.582. The van der Waals surface area contributed by atoms with Crippen LogP contribution in [0.1, 0.15) is 45.1 Å². The van der Waals surface area contributed by atoms with E-state index in [4.69, 9.17) is 0 Å². The summed E-state index contributed by atoms with van der Waals surface area (Å²) in [4.78, 5) is 0. The normalized spacial score (nSPS) is 12.6. The van der Waals surface area contributed by atoms with Crippen LogP contribution in [0.25, 0.3) is 6.20 Å². The molecule has 0 aromatic carbocycles. The molecule has 1 aromatic rings. The fraction of sp³-hybridized carbons (Fsp3) is 0.615. The third-order valence-corrected chi connectivity index (χ3v) is 2.74. The van der Waals surface area contributed by atoms with Crippen molar-refractivity contribution in [3.8, 4) is 0 Å². The highest BCUT2D eigenvalue weighted by molar-refractivity contribution is 5.17. The number of nitrogens with one attached hydrogen (secondary N) is 1. The summed E-state index contributed by atoms with van der Waals surface area (Å²) in [5, 5.41) is 7.65. The molecule has 1 heterocycles. The molecule has 3 heteroatoms. The summed E-state index contributed by atoms with van der Waals surface area (Å²) in [5.74, 6) is 0. The average Bonchev–Trinajstić information content (AvgIpc) is 2.74. The molecule has 16 heavy (non-hydrogen) atoms. The highest BCUT2D eigenvalue weighted by Crippen LogP contribution is 2.04. The topological polar surface area (TPSA) is 29.9 Å². The molecule has 0 saturated heterocycles. The summed E-state index contributed by atoms with van der Waals surface area (Å²) in [6.45, 7) is 9.04. The van der Waals surface area contributed by atoms with Crippen LogP contribution in [0.15, 0.2) is 19.0 Å². The first-order valence-electron chi connectivity index (χ1n) is 6.15. The second-order valence-corrected chi connectivity index (χ2v) is 4.29. The van der Waals surface area contributed by atoms with Gasteiger partial charge in [0.1, 0.15) is 0 Å². The molecule has 3 nitrogen and oxygen atoms in total. The Morgan fingerprint density at radius 2 is 2.38 bits per heavy atom. The van der Waals surface area contributed by atoms with Crippen molar-refractivity contribution in [2.45, 2.75) is 52.1 Å². The summed E-state index contributed by atoms with van der Waals surface area (Å²) in [7, 11) is 0. The number of aromatic nitrogens is 2. The Balaban J connectivity index is 2.20. The van der Waals surface area contributed by atoms with Crippen molar-refractivity contribution in [3.63, 3.8) is 0 Å². The minimum absolute atomic E-state index is 0.582. The first-order chi connectivity index (χ1) is 7.76. The van der Waals surface area contributed by atoms with Gasteiger partial charge in [-0.05, 0) is 13.3 Å². The zero-order chi connectivity index (χ0) is 11.8. The van der Waals surface area contributed by atoms with Crippen molar-refractivity contribution in [1.82, 2.24) is 15.1 Å². The van der Waals surface area contributed by atoms with Crippen molar-refractivity contribution >= 4 is 6.20 Å². The van der Waals surface area contributed by atoms with Crippen LogP contribution < -0.4 is 5.32 Å². The summed E-state index contributed by atoms with van der Waals surface area (Å²) < 4.78 is 1.73. The molecule has 0 saturated carbocycles. The lowest BCUT2D eigenvalue weighted by molar-refractivity contribution is 0.487. The molecular formula is C13H23N3. The summed E-state index contributed by atoms with van der Waals surface area (Å²) >= 11 is 0. The standard InChI is InChI=1S/C13H23N3/c1-4-6-7-8-12(3)14-9-13-10-15-16(5-2)11-13/h5,10-12,14H,2,4,6-9H2,1,3H3. The molecule has 0 fully saturated rings. The Bertz CT molecular complexity index is 304. The van der Waals surface area contributed by atoms with E-state index in [1.807, 2.05) is 12.4 Å². The number of rotatable bonds is 8. The van der Waals surface area contributed by atoms with E-state index in [0.717, 1.165) is 6.54 Å². The van der Waals surface area contributed by atoms with E-state index in [-0.39, 0.29) is 0 Å². The molecule has 0 aliphatic carbocycles. The zero-order valence-corrected chi connectivity index (χ0v) is 10.4. The predicted molar refractivity (Wildman–Crippen MR) is 69.1 cm³/mol. The SMILES string of the molecule is C=Cn1cc(CNC(C)CCCCC)cn1. The average molecular weight is 221 g/mol. The van der Waals surface area contributed by atoms with Crippen LogP contribution in [0.4, 0.5) is 0 Å². The monoisotopic (exact) mass is 221 g/mol. The van der Waals surface area contributed by atoms with E-state index in [0.29, 0.717) is 6.04 Å². The van der Waals surface area contributed by atoms with E-state index >= 15 is 0 Å². The lowest BCUT2D eigenvalue weighted by Crippen LogP contribution is -2.25. The summed E-state index contributed by atoms with van der Waals surface area (Å²) in [6.07, 6.45) is 10.8. The van der Waals surface area contributed by atoms with Crippen LogP contribution in [0, 0.1) is 0 Å². The maximum Gasteiger partial charge on any atom is 0.0538 e. The van der Waals surface area contributed by atoms with E-state index < -0.39 is 0 Å². The fourth-order valence-corrected chi connectivity index (χ4v) is 1.66. The van der Waals surface area contributed by atoms with Gasteiger partial charge in [-0.15, -0.1) is 0 Å². The van der Waals surface area contributed by atoms with E-state index in [1.54, 1.807) is 10.9 Å². The second kappa shape index (κ2) is 7.23. The van der Waals surface area contributed by atoms with Crippen LogP contribution in [-0.4, -0.2) is 15.8 Å². The van der Waals surface area contributed by atoms with Gasteiger partial charge in [-0.25, -0.2) is 4.68 Å². The molecule has 0 radical (unpaired) electrons. The Labute approximate surface area is 98.5 Å². The number of unbranched alkanes of at least 4 members (excludes halogenated alkanes) is 2. The van der Waals surface area contributed by atoms with Crippen molar-refractivity contribution < 1.29 is 0 Å². The molecule has 1 unspecified atom stereocenters. The Morgan fingerprint density at radius 3 is 3.00 bits per heavy atom. The Kier molecular flexibility index (Phi) is 5.86. The molecule has 0 aliphatic rings. The van der Waals surface area contributed by atoms with Crippen molar-refractivity contribution in [2.75, 3.05) is 0 Å². The Hall–Kier alpha value is -1.09. The molecule has 1 aromatic heterocycles. The lowest BCUT2D eigenvalue weighted by atomic mass is 10.1. The van der Waals surface area contributed by atoms with Crippen LogP contribution >= 0.6 is 0 Å². The molecule has 0 bridgehead atoms. The van der Waals surface area contributed by atoms with Crippen LogP contribution in [0.2, 0.25) is 0 Å². The van der Waals surface area contributed by atoms with Crippen molar-refractivity contribution in [2.24, 2.45) is 0 Å². The third kappa shape index (κ3) is 4.62. The first kappa shape index (κ1) is 13.0. The van der Waals surface area contributed by atoms with Crippen molar-refractivity contribution in [3.05, 3.63) is 24.5 Å². The highest BCUT2D eigenvalue weighted by atomic mass is 15.2. The molecular weight excluding hydrogens is 198 g/mol. The second-order valence-electron chi connectivity index (χ2n) is 4.29. The van der Waals surface area contributed by atoms with Gasteiger partial charge in [-0.2, -0.15) is 5.10 Å². The molecule has 0 aliphatic heterocycles. The molecule has 1 rings (SSSR count). The van der Waals surface area contributed by atoms with Crippen LogP contribution in [0.5, 0.6) is 0 Å². The summed E-state index contributed by atoms with van der Waals surface area (Å²) in [5.41, 5.74) is 1.21. The minimum atomic E-state index is 0.582. The van der Waals surface area contributed by atoms with Gasteiger partial charge in [0.2, 0.25) is 0 Å². The molecule has 1 atom stereocenters. The van der Waals surface area contributed by atoms with Gasteiger partial charge in [0.15, 0.2) is 0 Å². The van der Waals surface area contributed by atoms with Crippen molar-refractivity contribution in [1.29, 1.82) is 0 Å². The quantitative estimate of drug-likeness (QED) is 0.684. The van der Waals surface area contributed by atoms with E-state index in [1.165, 1.54) is 31.2 Å². The van der Waals surface area contributed by atoms with E-state index in [9.17, 15) is 0 Å². The minimum Gasteiger partial charge on any atom is -0.310 e. The van der Waals surface area contributed by atoms with Gasteiger partial charge in [-0.3, -0.25) is 0 Å². The lowest BCUT2D eigenvalue weighted by Gasteiger charge is -2.12. The number of nitrogens with zero attached hydrogens (tertiary/aromatic N) is 2. The van der Waals surface area contributed by atoms with Crippen LogP contribution in [0.3, 0.4) is 0 Å². The van der Waals surface area contributed by atoms with Gasteiger partial charge >= 0.3 is 0 Å².